The zero-order chi connectivity index (χ0) is 15.8. The van der Waals surface area contributed by atoms with E-state index >= 15 is 0 Å². The van der Waals surface area contributed by atoms with E-state index in [1.165, 1.54) is 12.1 Å². The van der Waals surface area contributed by atoms with Gasteiger partial charge in [0.25, 0.3) is 0 Å². The molecule has 2 N–H and O–H groups in total. The second-order valence-corrected chi connectivity index (χ2v) is 6.54. The van der Waals surface area contributed by atoms with E-state index in [-0.39, 0.29) is 5.82 Å². The van der Waals surface area contributed by atoms with E-state index in [0.717, 1.165) is 51.1 Å². The number of fused-ring (bicyclic) bond motifs is 2. The average molecular weight is 325 g/mol. The lowest BCUT2D eigenvalue weighted by Gasteiger charge is -2.00. The minimum absolute atomic E-state index is 0.230. The van der Waals surface area contributed by atoms with E-state index in [0.29, 0.717) is 0 Å². The van der Waals surface area contributed by atoms with E-state index in [9.17, 15) is 4.39 Å². The van der Waals surface area contributed by atoms with Gasteiger partial charge in [-0.25, -0.2) is 9.37 Å². The quantitative estimate of drug-likeness (QED) is 0.568. The number of hydrogen-bond donors (Lipinski definition) is 2. The van der Waals surface area contributed by atoms with Crippen LogP contribution in [0.3, 0.4) is 0 Å². The third-order valence-electron chi connectivity index (χ3n) is 4.03. The summed E-state index contributed by atoms with van der Waals surface area (Å²) in [6, 6.07) is 11.0. The molecule has 23 heavy (non-hydrogen) atoms. The van der Waals surface area contributed by atoms with Gasteiger partial charge in [-0.15, -0.1) is 0 Å². The summed E-state index contributed by atoms with van der Waals surface area (Å²) in [4.78, 5) is 11.2. The Balaban J connectivity index is 1.78. The molecule has 0 atom stereocenters. The fraction of sp³-hybridized carbons (Fsp3) is 0.167. The predicted octanol–water partition coefficient (Wildman–Crippen LogP) is 4.76. The average Bonchev–Trinajstić information content (AvgIpc) is 3.14. The predicted molar refractivity (Wildman–Crippen MR) is 95.4 cm³/mol. The minimum atomic E-state index is -0.230. The molecule has 2 aromatic carbocycles. The van der Waals surface area contributed by atoms with Gasteiger partial charge in [0.15, 0.2) is 0 Å². The first kappa shape index (κ1) is 14.3. The molecule has 0 saturated heterocycles. The molecule has 4 rings (SSSR count). The Labute approximate surface area is 137 Å². The largest absolute Gasteiger partial charge is 0.360 e. The number of aromatic amines is 2. The second kappa shape index (κ2) is 5.74. The van der Waals surface area contributed by atoms with Crippen molar-refractivity contribution in [3.05, 3.63) is 54.2 Å². The smallest absolute Gasteiger partial charge is 0.125 e. The van der Waals surface area contributed by atoms with Gasteiger partial charge < -0.3 is 9.97 Å². The van der Waals surface area contributed by atoms with Gasteiger partial charge in [-0.05, 0) is 42.2 Å². The zero-order valence-corrected chi connectivity index (χ0v) is 13.5. The third-order valence-corrected chi connectivity index (χ3v) is 4.64. The maximum atomic E-state index is 13.3. The fourth-order valence-electron chi connectivity index (χ4n) is 2.88. The van der Waals surface area contributed by atoms with E-state index in [4.69, 9.17) is 0 Å². The number of H-pyrrole nitrogens is 2. The van der Waals surface area contributed by atoms with Crippen molar-refractivity contribution in [2.45, 2.75) is 6.42 Å². The number of hydrogen-bond acceptors (Lipinski definition) is 2. The van der Waals surface area contributed by atoms with Gasteiger partial charge in [0, 0.05) is 34.8 Å². The number of aromatic nitrogens is 3. The molecule has 5 heteroatoms. The highest BCUT2D eigenvalue weighted by Crippen LogP contribution is 2.30. The Morgan fingerprint density at radius 1 is 1.13 bits per heavy atom. The van der Waals surface area contributed by atoms with E-state index in [2.05, 4.69) is 39.4 Å². The van der Waals surface area contributed by atoms with Crippen molar-refractivity contribution in [1.82, 2.24) is 15.0 Å². The first-order valence-corrected chi connectivity index (χ1v) is 8.88. The van der Waals surface area contributed by atoms with Crippen LogP contribution >= 0.6 is 11.8 Å². The summed E-state index contributed by atoms with van der Waals surface area (Å²) in [5.41, 5.74) is 4.97. The van der Waals surface area contributed by atoms with Crippen LogP contribution in [0.15, 0.2) is 42.6 Å². The third kappa shape index (κ3) is 2.61. The van der Waals surface area contributed by atoms with Gasteiger partial charge in [-0.2, -0.15) is 11.8 Å². The number of thioether (sulfide) groups is 1. The first-order valence-electron chi connectivity index (χ1n) is 7.49. The van der Waals surface area contributed by atoms with E-state index < -0.39 is 0 Å². The molecule has 3 nitrogen and oxygen atoms in total. The number of nitrogens with one attached hydrogen (secondary N) is 2. The monoisotopic (exact) mass is 325 g/mol. The van der Waals surface area contributed by atoms with Crippen LogP contribution in [-0.4, -0.2) is 27.0 Å². The normalized spacial score (nSPS) is 11.6. The highest BCUT2D eigenvalue weighted by molar-refractivity contribution is 7.98. The summed E-state index contributed by atoms with van der Waals surface area (Å²) in [5, 5.41) is 1.02. The number of rotatable bonds is 4. The number of aryl methyl sites for hydroxylation is 1. The Bertz CT molecular complexity index is 986. The highest BCUT2D eigenvalue weighted by atomic mass is 32.2. The molecule has 2 aromatic heterocycles. The second-order valence-electron chi connectivity index (χ2n) is 5.55. The van der Waals surface area contributed by atoms with Gasteiger partial charge >= 0.3 is 0 Å². The highest BCUT2D eigenvalue weighted by Gasteiger charge is 2.09. The standard InChI is InChI=1S/C18H16FN3S/c1-23-7-6-18-21-15-5-2-11(8-17(15)22-18)14-10-20-16-9-12(19)3-4-13(14)16/h2-5,8-10,20H,6-7H2,1H3,(H,21,22). The van der Waals surface area contributed by atoms with E-state index in [1.807, 2.05) is 24.0 Å². The number of nitrogens with zero attached hydrogens (tertiary/aromatic N) is 1. The van der Waals surface area contributed by atoms with Gasteiger partial charge in [0.05, 0.1) is 11.0 Å². The molecule has 0 spiro atoms. The molecule has 116 valence electrons. The number of halogens is 1. The molecule has 0 aliphatic rings. The van der Waals surface area contributed by atoms with Crippen molar-refractivity contribution in [3.63, 3.8) is 0 Å². The molecule has 0 saturated carbocycles. The molecule has 0 unspecified atom stereocenters. The molecular formula is C18H16FN3S. The Morgan fingerprint density at radius 3 is 2.91 bits per heavy atom. The SMILES string of the molecule is CSCCc1nc2cc(-c3c[nH]c4cc(F)ccc34)ccc2[nH]1. The lowest BCUT2D eigenvalue weighted by Crippen LogP contribution is -1.89. The van der Waals surface area contributed by atoms with Crippen LogP contribution in [0.1, 0.15) is 5.82 Å². The number of benzene rings is 2. The van der Waals surface area contributed by atoms with Crippen LogP contribution in [0.25, 0.3) is 33.1 Å². The summed E-state index contributed by atoms with van der Waals surface area (Å²) in [6.45, 7) is 0. The summed E-state index contributed by atoms with van der Waals surface area (Å²) in [5.74, 6) is 1.85. The first-order chi connectivity index (χ1) is 11.2. The molecule has 4 aromatic rings. The Morgan fingerprint density at radius 2 is 2.04 bits per heavy atom. The lowest BCUT2D eigenvalue weighted by molar-refractivity contribution is 0.629. The minimum Gasteiger partial charge on any atom is -0.360 e. The van der Waals surface area contributed by atoms with Gasteiger partial charge in [0.1, 0.15) is 11.6 Å². The summed E-state index contributed by atoms with van der Waals surface area (Å²) >= 11 is 1.82. The topological polar surface area (TPSA) is 44.5 Å². The molecule has 2 heterocycles. The van der Waals surface area contributed by atoms with Gasteiger partial charge in [-0.3, -0.25) is 0 Å². The summed E-state index contributed by atoms with van der Waals surface area (Å²) in [7, 11) is 0. The van der Waals surface area contributed by atoms with Crippen LogP contribution in [0, 0.1) is 5.82 Å². The van der Waals surface area contributed by atoms with Crippen molar-refractivity contribution >= 4 is 33.7 Å². The molecule has 0 aliphatic heterocycles. The van der Waals surface area contributed by atoms with E-state index in [1.54, 1.807) is 0 Å². The Kier molecular flexibility index (Phi) is 3.58. The summed E-state index contributed by atoms with van der Waals surface area (Å²) in [6.07, 6.45) is 4.96. The van der Waals surface area contributed by atoms with Crippen LogP contribution < -0.4 is 0 Å². The van der Waals surface area contributed by atoms with Crippen molar-refractivity contribution < 1.29 is 4.39 Å². The maximum Gasteiger partial charge on any atom is 0.125 e. The Hall–Kier alpha value is -2.27. The van der Waals surface area contributed by atoms with Crippen molar-refractivity contribution in [2.75, 3.05) is 12.0 Å². The summed E-state index contributed by atoms with van der Waals surface area (Å²) < 4.78 is 13.3. The lowest BCUT2D eigenvalue weighted by atomic mass is 10.0. The van der Waals surface area contributed by atoms with Gasteiger partial charge in [0.2, 0.25) is 0 Å². The van der Waals surface area contributed by atoms with Crippen LogP contribution in [0.5, 0.6) is 0 Å². The molecular weight excluding hydrogens is 309 g/mol. The van der Waals surface area contributed by atoms with Crippen molar-refractivity contribution in [1.29, 1.82) is 0 Å². The zero-order valence-electron chi connectivity index (χ0n) is 12.7. The molecule has 0 bridgehead atoms. The van der Waals surface area contributed by atoms with Crippen molar-refractivity contribution in [3.8, 4) is 11.1 Å². The van der Waals surface area contributed by atoms with Crippen molar-refractivity contribution in [2.24, 2.45) is 0 Å². The van der Waals surface area contributed by atoms with Gasteiger partial charge in [-0.1, -0.05) is 6.07 Å². The molecule has 0 amide bonds. The number of imidazole rings is 1. The van der Waals surface area contributed by atoms with Crippen LogP contribution in [0.4, 0.5) is 4.39 Å². The maximum absolute atomic E-state index is 13.3. The molecule has 0 fully saturated rings. The molecule has 0 radical (unpaired) electrons. The van der Waals surface area contributed by atoms with Crippen LogP contribution in [-0.2, 0) is 6.42 Å². The van der Waals surface area contributed by atoms with Crippen LogP contribution in [0.2, 0.25) is 0 Å². The fourth-order valence-corrected chi connectivity index (χ4v) is 3.28. The molecule has 0 aliphatic carbocycles.